The quantitative estimate of drug-likeness (QED) is 0.741. The number of carboxylic acids is 1. The van der Waals surface area contributed by atoms with Gasteiger partial charge in [-0.2, -0.15) is 0 Å². The van der Waals surface area contributed by atoms with E-state index in [-0.39, 0.29) is 17.1 Å². The van der Waals surface area contributed by atoms with Gasteiger partial charge in [0.25, 0.3) is 0 Å². The fraction of sp³-hybridized carbons (Fsp3) is 0. The van der Waals surface area contributed by atoms with Crippen molar-refractivity contribution in [1.29, 1.82) is 0 Å². The van der Waals surface area contributed by atoms with Crippen LogP contribution in [0.1, 0.15) is 10.4 Å². The first-order valence-corrected chi connectivity index (χ1v) is 5.92. The number of hydrogen-bond acceptors (Lipinski definition) is 4. The number of aromatic hydroxyl groups is 2. The molecule has 0 unspecified atom stereocenters. The zero-order valence-electron chi connectivity index (χ0n) is 9.20. The lowest BCUT2D eigenvalue weighted by Crippen LogP contribution is -1.97. The number of benzene rings is 2. The summed E-state index contributed by atoms with van der Waals surface area (Å²) in [7, 11) is 0. The third-order valence-corrected chi connectivity index (χ3v) is 3.40. The molecule has 0 saturated carbocycles. The predicted octanol–water partition coefficient (Wildman–Crippen LogP) is 2.95. The summed E-state index contributed by atoms with van der Waals surface area (Å²) in [5.41, 5.74) is 0.158. The average Bonchev–Trinajstić information content (AvgIpc) is 2.34. The number of carboxylic acid groups (broad SMARTS) is 1. The van der Waals surface area contributed by atoms with Crippen molar-refractivity contribution in [2.75, 3.05) is 0 Å². The largest absolute Gasteiger partial charge is 0.508 e. The molecule has 2 rings (SSSR count). The Hall–Kier alpha value is -2.14. The van der Waals surface area contributed by atoms with Crippen LogP contribution in [0.4, 0.5) is 0 Å². The monoisotopic (exact) mass is 262 g/mol. The number of hydrogen-bond donors (Lipinski definition) is 3. The molecule has 0 fully saturated rings. The summed E-state index contributed by atoms with van der Waals surface area (Å²) >= 11 is 1.09. The average molecular weight is 262 g/mol. The van der Waals surface area contributed by atoms with Gasteiger partial charge in [-0.05, 0) is 30.3 Å². The molecule has 0 saturated heterocycles. The number of phenols is 2. The molecule has 0 aromatic heterocycles. The molecule has 3 N–H and O–H groups in total. The molecule has 2 aromatic rings. The van der Waals surface area contributed by atoms with Crippen LogP contribution in [0.2, 0.25) is 0 Å². The lowest BCUT2D eigenvalue weighted by atomic mass is 10.2. The fourth-order valence-electron chi connectivity index (χ4n) is 1.44. The maximum atomic E-state index is 11.0. The zero-order valence-corrected chi connectivity index (χ0v) is 10.0. The Morgan fingerprint density at radius 1 is 1.00 bits per heavy atom. The summed E-state index contributed by atoms with van der Waals surface area (Å²) in [4.78, 5) is 12.0. The second-order valence-electron chi connectivity index (χ2n) is 3.56. The van der Waals surface area contributed by atoms with Crippen LogP contribution in [0, 0.1) is 0 Å². The third-order valence-electron chi connectivity index (χ3n) is 2.28. The van der Waals surface area contributed by atoms with E-state index in [0.29, 0.717) is 9.79 Å². The molecule has 92 valence electrons. The summed E-state index contributed by atoms with van der Waals surface area (Å²) < 4.78 is 0. The highest BCUT2D eigenvalue weighted by molar-refractivity contribution is 7.99. The lowest BCUT2D eigenvalue weighted by Gasteiger charge is -2.07. The number of phenolic OH excluding ortho intramolecular Hbond substituents is 2. The Labute approximate surface area is 108 Å². The Morgan fingerprint density at radius 2 is 1.72 bits per heavy atom. The molecule has 4 nitrogen and oxygen atoms in total. The molecule has 0 aliphatic rings. The van der Waals surface area contributed by atoms with Crippen molar-refractivity contribution in [1.82, 2.24) is 0 Å². The first kappa shape index (κ1) is 12.3. The number of rotatable bonds is 3. The second-order valence-corrected chi connectivity index (χ2v) is 4.64. The Kier molecular flexibility index (Phi) is 3.43. The Balaban J connectivity index is 2.40. The molecule has 18 heavy (non-hydrogen) atoms. The second kappa shape index (κ2) is 5.01. The molecule has 0 amide bonds. The zero-order chi connectivity index (χ0) is 13.1. The molecule has 0 bridgehead atoms. The van der Waals surface area contributed by atoms with Gasteiger partial charge in [0.1, 0.15) is 11.5 Å². The van der Waals surface area contributed by atoms with Crippen LogP contribution in [0.3, 0.4) is 0 Å². The van der Waals surface area contributed by atoms with E-state index < -0.39 is 5.97 Å². The van der Waals surface area contributed by atoms with Gasteiger partial charge in [0, 0.05) is 4.90 Å². The topological polar surface area (TPSA) is 77.8 Å². The fourth-order valence-corrected chi connectivity index (χ4v) is 2.44. The van der Waals surface area contributed by atoms with Crippen molar-refractivity contribution in [3.63, 3.8) is 0 Å². The Morgan fingerprint density at radius 3 is 2.44 bits per heavy atom. The predicted molar refractivity (Wildman–Crippen MR) is 67.3 cm³/mol. The first-order valence-electron chi connectivity index (χ1n) is 5.10. The molecule has 0 aliphatic heterocycles. The minimum atomic E-state index is -1.03. The molecule has 0 spiro atoms. The normalized spacial score (nSPS) is 10.2. The van der Waals surface area contributed by atoms with Gasteiger partial charge in [-0.15, -0.1) is 0 Å². The summed E-state index contributed by atoms with van der Waals surface area (Å²) in [6.45, 7) is 0. The van der Waals surface area contributed by atoms with E-state index in [1.807, 2.05) is 0 Å². The summed E-state index contributed by atoms with van der Waals surface area (Å²) in [5, 5.41) is 28.0. The molecule has 0 heterocycles. The van der Waals surface area contributed by atoms with E-state index in [2.05, 4.69) is 0 Å². The van der Waals surface area contributed by atoms with E-state index in [4.69, 9.17) is 5.11 Å². The minimum Gasteiger partial charge on any atom is -0.508 e. The van der Waals surface area contributed by atoms with Gasteiger partial charge in [0.2, 0.25) is 0 Å². The first-order chi connectivity index (χ1) is 8.58. The highest BCUT2D eigenvalue weighted by Crippen LogP contribution is 2.37. The number of aromatic carboxylic acids is 1. The highest BCUT2D eigenvalue weighted by atomic mass is 32.2. The molecule has 0 atom stereocenters. The van der Waals surface area contributed by atoms with Gasteiger partial charge >= 0.3 is 5.97 Å². The van der Waals surface area contributed by atoms with Gasteiger partial charge in [-0.25, -0.2) is 4.79 Å². The molecule has 0 aliphatic carbocycles. The SMILES string of the molecule is O=C(O)c1ccccc1Sc1cc(O)ccc1O. The Bertz CT molecular complexity index is 595. The van der Waals surface area contributed by atoms with Crippen LogP contribution >= 0.6 is 11.8 Å². The van der Waals surface area contributed by atoms with Crippen molar-refractivity contribution < 1.29 is 20.1 Å². The van der Waals surface area contributed by atoms with Gasteiger partial charge in [0.05, 0.1) is 10.5 Å². The van der Waals surface area contributed by atoms with E-state index >= 15 is 0 Å². The standard InChI is InChI=1S/C13H10O4S/c14-8-5-6-10(15)12(7-8)18-11-4-2-1-3-9(11)13(16)17/h1-7,14-15H,(H,16,17). The maximum absolute atomic E-state index is 11.0. The van der Waals surface area contributed by atoms with Crippen molar-refractivity contribution >= 4 is 17.7 Å². The van der Waals surface area contributed by atoms with Gasteiger partial charge in [0.15, 0.2) is 0 Å². The third kappa shape index (κ3) is 2.57. The van der Waals surface area contributed by atoms with E-state index in [1.165, 1.54) is 24.3 Å². The van der Waals surface area contributed by atoms with Crippen LogP contribution in [0.25, 0.3) is 0 Å². The van der Waals surface area contributed by atoms with Gasteiger partial charge in [-0.1, -0.05) is 23.9 Å². The molecular formula is C13H10O4S. The molecule has 0 radical (unpaired) electrons. The van der Waals surface area contributed by atoms with E-state index in [0.717, 1.165) is 11.8 Å². The van der Waals surface area contributed by atoms with Crippen molar-refractivity contribution in [3.8, 4) is 11.5 Å². The van der Waals surface area contributed by atoms with Crippen molar-refractivity contribution in [2.24, 2.45) is 0 Å². The summed E-state index contributed by atoms with van der Waals surface area (Å²) in [6.07, 6.45) is 0. The smallest absolute Gasteiger partial charge is 0.336 e. The lowest BCUT2D eigenvalue weighted by molar-refractivity contribution is 0.0693. The molecule has 5 heteroatoms. The van der Waals surface area contributed by atoms with Crippen LogP contribution in [0.5, 0.6) is 11.5 Å². The van der Waals surface area contributed by atoms with Crippen LogP contribution in [-0.4, -0.2) is 21.3 Å². The summed E-state index contributed by atoms with van der Waals surface area (Å²) in [6, 6.07) is 10.6. The van der Waals surface area contributed by atoms with Crippen LogP contribution in [0.15, 0.2) is 52.3 Å². The van der Waals surface area contributed by atoms with E-state index in [1.54, 1.807) is 18.2 Å². The minimum absolute atomic E-state index is 0.00186. The van der Waals surface area contributed by atoms with Gasteiger partial charge < -0.3 is 15.3 Å². The van der Waals surface area contributed by atoms with Crippen LogP contribution in [-0.2, 0) is 0 Å². The molecular weight excluding hydrogens is 252 g/mol. The van der Waals surface area contributed by atoms with Crippen LogP contribution < -0.4 is 0 Å². The summed E-state index contributed by atoms with van der Waals surface area (Å²) in [5.74, 6) is -1.01. The number of carbonyl (C=O) groups is 1. The van der Waals surface area contributed by atoms with E-state index in [9.17, 15) is 15.0 Å². The van der Waals surface area contributed by atoms with Gasteiger partial charge in [-0.3, -0.25) is 0 Å². The maximum Gasteiger partial charge on any atom is 0.336 e. The van der Waals surface area contributed by atoms with Crippen molar-refractivity contribution in [2.45, 2.75) is 9.79 Å². The molecule has 2 aromatic carbocycles. The highest BCUT2D eigenvalue weighted by Gasteiger charge is 2.12. The van der Waals surface area contributed by atoms with Crippen molar-refractivity contribution in [3.05, 3.63) is 48.0 Å².